The Labute approximate surface area is 184 Å². The molecule has 0 saturated heterocycles. The SMILES string of the molecule is CCOC(=O)c1ccc(N=Cc2cn(Cc3ccc(C(=O)OC)o3)c3ccccc23)cc1. The summed E-state index contributed by atoms with van der Waals surface area (Å²) in [5.74, 6) is -0.0361. The maximum Gasteiger partial charge on any atom is 0.373 e. The van der Waals surface area contributed by atoms with Crippen LogP contribution in [0.15, 0.2) is 76.3 Å². The molecule has 4 rings (SSSR count). The second-order valence-corrected chi connectivity index (χ2v) is 7.01. The lowest BCUT2D eigenvalue weighted by Crippen LogP contribution is -2.03. The number of furan rings is 1. The van der Waals surface area contributed by atoms with E-state index in [0.717, 1.165) is 22.2 Å². The van der Waals surface area contributed by atoms with Crippen molar-refractivity contribution >= 4 is 34.7 Å². The first-order chi connectivity index (χ1) is 15.6. The zero-order chi connectivity index (χ0) is 22.5. The Morgan fingerprint density at radius 3 is 2.56 bits per heavy atom. The lowest BCUT2D eigenvalue weighted by Gasteiger charge is -2.02. The first kappa shape index (κ1) is 21.1. The summed E-state index contributed by atoms with van der Waals surface area (Å²) in [5, 5.41) is 1.04. The van der Waals surface area contributed by atoms with E-state index in [2.05, 4.69) is 4.99 Å². The Balaban J connectivity index is 1.58. The van der Waals surface area contributed by atoms with Gasteiger partial charge in [-0.2, -0.15) is 0 Å². The lowest BCUT2D eigenvalue weighted by molar-refractivity contribution is 0.0524. The number of rotatable bonds is 7. The van der Waals surface area contributed by atoms with Gasteiger partial charge in [-0.05, 0) is 49.4 Å². The van der Waals surface area contributed by atoms with Crippen LogP contribution >= 0.6 is 0 Å². The molecule has 0 atom stereocenters. The number of hydrogen-bond acceptors (Lipinski definition) is 6. The van der Waals surface area contributed by atoms with Crippen molar-refractivity contribution in [2.24, 2.45) is 4.99 Å². The van der Waals surface area contributed by atoms with Crippen molar-refractivity contribution in [3.63, 3.8) is 0 Å². The molecule has 2 heterocycles. The summed E-state index contributed by atoms with van der Waals surface area (Å²) in [5.41, 5.74) is 3.17. The maximum absolute atomic E-state index is 11.8. The minimum Gasteiger partial charge on any atom is -0.463 e. The summed E-state index contributed by atoms with van der Waals surface area (Å²) < 4.78 is 17.4. The normalized spacial score (nSPS) is 11.2. The number of benzene rings is 2. The van der Waals surface area contributed by atoms with E-state index in [0.29, 0.717) is 24.5 Å². The Morgan fingerprint density at radius 1 is 1.03 bits per heavy atom. The highest BCUT2D eigenvalue weighted by atomic mass is 16.5. The van der Waals surface area contributed by atoms with Gasteiger partial charge in [0.2, 0.25) is 5.76 Å². The number of ether oxygens (including phenoxy) is 2. The number of para-hydroxylation sites is 1. The van der Waals surface area contributed by atoms with Crippen molar-refractivity contribution in [1.82, 2.24) is 4.57 Å². The van der Waals surface area contributed by atoms with Crippen LogP contribution in [0, 0.1) is 0 Å². The van der Waals surface area contributed by atoms with Gasteiger partial charge in [0.25, 0.3) is 0 Å². The number of carbonyl (C=O) groups excluding carboxylic acids is 2. The van der Waals surface area contributed by atoms with E-state index in [1.165, 1.54) is 7.11 Å². The molecule has 0 N–H and O–H groups in total. The van der Waals surface area contributed by atoms with Gasteiger partial charge in [-0.25, -0.2) is 9.59 Å². The van der Waals surface area contributed by atoms with Gasteiger partial charge >= 0.3 is 11.9 Å². The van der Waals surface area contributed by atoms with Crippen LogP contribution < -0.4 is 0 Å². The summed E-state index contributed by atoms with van der Waals surface area (Å²) in [6.45, 7) is 2.57. The van der Waals surface area contributed by atoms with Crippen molar-refractivity contribution in [2.75, 3.05) is 13.7 Å². The topological polar surface area (TPSA) is 83.0 Å². The predicted molar refractivity (Wildman–Crippen MR) is 121 cm³/mol. The Kier molecular flexibility index (Phi) is 6.17. The van der Waals surface area contributed by atoms with Gasteiger partial charge in [-0.3, -0.25) is 4.99 Å². The molecule has 0 aliphatic carbocycles. The van der Waals surface area contributed by atoms with Gasteiger partial charge in [0.05, 0.1) is 31.5 Å². The monoisotopic (exact) mass is 430 g/mol. The molecule has 2 aromatic heterocycles. The number of hydrogen-bond donors (Lipinski definition) is 0. The van der Waals surface area contributed by atoms with E-state index in [-0.39, 0.29) is 11.7 Å². The molecular formula is C25H22N2O5. The molecule has 162 valence electrons. The first-order valence-corrected chi connectivity index (χ1v) is 10.1. The Bertz CT molecular complexity index is 1280. The highest BCUT2D eigenvalue weighted by molar-refractivity contribution is 6.00. The van der Waals surface area contributed by atoms with E-state index in [4.69, 9.17) is 13.9 Å². The molecule has 0 aliphatic rings. The fraction of sp³-hybridized carbons (Fsp3) is 0.160. The highest BCUT2D eigenvalue weighted by Gasteiger charge is 2.13. The van der Waals surface area contributed by atoms with Crippen LogP contribution in [0.25, 0.3) is 10.9 Å². The van der Waals surface area contributed by atoms with Gasteiger partial charge in [-0.15, -0.1) is 0 Å². The van der Waals surface area contributed by atoms with Gasteiger partial charge in [-0.1, -0.05) is 18.2 Å². The number of methoxy groups -OCH3 is 1. The Morgan fingerprint density at radius 2 is 1.81 bits per heavy atom. The number of esters is 2. The quantitative estimate of drug-likeness (QED) is 0.304. The molecule has 7 nitrogen and oxygen atoms in total. The zero-order valence-electron chi connectivity index (χ0n) is 17.8. The zero-order valence-corrected chi connectivity index (χ0v) is 17.8. The minimum absolute atomic E-state index is 0.173. The molecule has 4 aromatic rings. The molecule has 0 bridgehead atoms. The second-order valence-electron chi connectivity index (χ2n) is 7.01. The summed E-state index contributed by atoms with van der Waals surface area (Å²) >= 11 is 0. The van der Waals surface area contributed by atoms with Crippen molar-refractivity contribution in [3.05, 3.63) is 89.5 Å². The van der Waals surface area contributed by atoms with Crippen LogP contribution in [0.4, 0.5) is 5.69 Å². The van der Waals surface area contributed by atoms with Gasteiger partial charge in [0.15, 0.2) is 0 Å². The number of nitrogens with zero attached hydrogens (tertiary/aromatic N) is 2. The first-order valence-electron chi connectivity index (χ1n) is 10.1. The average Bonchev–Trinajstić information content (AvgIpc) is 3.43. The molecule has 0 amide bonds. The van der Waals surface area contributed by atoms with Crippen LogP contribution in [0.3, 0.4) is 0 Å². The number of carbonyl (C=O) groups is 2. The number of aromatic nitrogens is 1. The average molecular weight is 430 g/mol. The van der Waals surface area contributed by atoms with E-state index in [1.807, 2.05) is 35.0 Å². The second kappa shape index (κ2) is 9.34. The molecule has 7 heteroatoms. The highest BCUT2D eigenvalue weighted by Crippen LogP contribution is 2.23. The van der Waals surface area contributed by atoms with Crippen molar-refractivity contribution in [1.29, 1.82) is 0 Å². The lowest BCUT2D eigenvalue weighted by atomic mass is 10.2. The van der Waals surface area contributed by atoms with Crippen LogP contribution in [0.2, 0.25) is 0 Å². The molecule has 32 heavy (non-hydrogen) atoms. The molecular weight excluding hydrogens is 408 g/mol. The van der Waals surface area contributed by atoms with E-state index >= 15 is 0 Å². The largest absolute Gasteiger partial charge is 0.463 e. The van der Waals surface area contributed by atoms with Crippen molar-refractivity contribution in [2.45, 2.75) is 13.5 Å². The van der Waals surface area contributed by atoms with Gasteiger partial charge in [0.1, 0.15) is 5.76 Å². The predicted octanol–water partition coefficient (Wildman–Crippen LogP) is 5.00. The minimum atomic E-state index is -0.504. The fourth-order valence-corrected chi connectivity index (χ4v) is 3.39. The smallest absolute Gasteiger partial charge is 0.373 e. The molecule has 2 aromatic carbocycles. The van der Waals surface area contributed by atoms with Crippen LogP contribution in [-0.4, -0.2) is 36.4 Å². The van der Waals surface area contributed by atoms with Gasteiger partial charge < -0.3 is 18.5 Å². The molecule has 0 spiro atoms. The number of fused-ring (bicyclic) bond motifs is 1. The van der Waals surface area contributed by atoms with Crippen molar-refractivity contribution in [3.8, 4) is 0 Å². The standard InChI is InChI=1S/C25H22N2O5/c1-3-31-24(28)17-8-10-19(11-9-17)26-14-18-15-27(22-7-5-4-6-21(18)22)16-20-12-13-23(32-20)25(29)30-2/h4-15H,3,16H2,1-2H3. The van der Waals surface area contributed by atoms with Crippen LogP contribution in [0.5, 0.6) is 0 Å². The molecule has 0 fully saturated rings. The third-order valence-electron chi connectivity index (χ3n) is 4.92. The molecule has 0 radical (unpaired) electrons. The summed E-state index contributed by atoms with van der Waals surface area (Å²) in [7, 11) is 1.32. The van der Waals surface area contributed by atoms with Crippen molar-refractivity contribution < 1.29 is 23.5 Å². The van der Waals surface area contributed by atoms with E-state index < -0.39 is 5.97 Å². The third-order valence-corrected chi connectivity index (χ3v) is 4.92. The maximum atomic E-state index is 11.8. The molecule has 0 unspecified atom stereocenters. The Hall–Kier alpha value is -4.13. The molecule has 0 saturated carbocycles. The van der Waals surface area contributed by atoms with Crippen LogP contribution in [0.1, 0.15) is 39.2 Å². The summed E-state index contributed by atoms with van der Waals surface area (Å²) in [6.07, 6.45) is 3.78. The molecule has 0 aliphatic heterocycles. The summed E-state index contributed by atoms with van der Waals surface area (Å²) in [6, 6.07) is 18.3. The van der Waals surface area contributed by atoms with E-state index in [1.54, 1.807) is 49.5 Å². The third kappa shape index (κ3) is 4.46. The fourth-order valence-electron chi connectivity index (χ4n) is 3.39. The van der Waals surface area contributed by atoms with Crippen LogP contribution in [-0.2, 0) is 16.0 Å². The van der Waals surface area contributed by atoms with Gasteiger partial charge in [0, 0.05) is 28.9 Å². The number of aliphatic imine (C=N–C) groups is 1. The van der Waals surface area contributed by atoms with E-state index in [9.17, 15) is 9.59 Å². The summed E-state index contributed by atoms with van der Waals surface area (Å²) in [4.78, 5) is 28.0.